The maximum Gasteiger partial charge on any atom is 0.341 e. The molecule has 0 aliphatic carbocycles. The van der Waals surface area contributed by atoms with Gasteiger partial charge in [-0.15, -0.1) is 24.6 Å². The maximum atomic E-state index is 10.7. The van der Waals surface area contributed by atoms with Crippen LogP contribution in [0.3, 0.4) is 0 Å². The van der Waals surface area contributed by atoms with E-state index in [1.807, 2.05) is 90.5 Å². The Labute approximate surface area is 226 Å². The molecule has 0 aliphatic heterocycles. The number of hydrogen-bond donors (Lipinski definition) is 1. The second kappa shape index (κ2) is 14.4. The zero-order valence-corrected chi connectivity index (χ0v) is 22.0. The van der Waals surface area contributed by atoms with Gasteiger partial charge >= 0.3 is 5.97 Å². The molecule has 1 N–H and O–H groups in total. The molecule has 1 aromatic heterocycles. The Kier molecular flexibility index (Phi) is 10.7. The standard InChI is InChI=1S/C28H22O3S.C4H4S/c1-4-21-10-6-8-12-24(21)26(25-13-9-7-11-22(25)5-2)16-17-32-23-14-15-27(20(3)18-23)31-19-28(29)30;1-2-4-5-3-1/h1-2,6-16,18H,17,19H2,3H3,(H,29,30);1-4H. The average molecular weight is 523 g/mol. The third kappa shape index (κ3) is 8.19. The summed E-state index contributed by atoms with van der Waals surface area (Å²) in [5.41, 5.74) is 5.44. The number of carboxylic acids is 1. The molecular formula is C32H26O3S2. The number of hydrogen-bond acceptors (Lipinski definition) is 4. The number of thiophene rings is 1. The van der Waals surface area contributed by atoms with Crippen LogP contribution in [0.15, 0.2) is 101 Å². The SMILES string of the molecule is C#Cc1ccccc1C(=CCSc1ccc(OCC(=O)O)c(C)c1)c1ccccc1C#C.c1ccsc1. The normalized spacial score (nSPS) is 9.70. The molecule has 0 unspecified atom stereocenters. The van der Waals surface area contributed by atoms with Crippen LogP contribution in [-0.4, -0.2) is 23.4 Å². The summed E-state index contributed by atoms with van der Waals surface area (Å²) in [6, 6.07) is 25.4. The van der Waals surface area contributed by atoms with E-state index < -0.39 is 5.97 Å². The Morgan fingerprint density at radius 3 is 2.03 bits per heavy atom. The van der Waals surface area contributed by atoms with Gasteiger partial charge < -0.3 is 9.84 Å². The van der Waals surface area contributed by atoms with E-state index in [4.69, 9.17) is 22.7 Å². The van der Waals surface area contributed by atoms with E-state index in [0.717, 1.165) is 38.3 Å². The quantitative estimate of drug-likeness (QED) is 0.194. The third-order valence-corrected chi connectivity index (χ3v) is 6.75. The van der Waals surface area contributed by atoms with E-state index in [0.29, 0.717) is 11.5 Å². The fourth-order valence-electron chi connectivity index (χ4n) is 3.51. The van der Waals surface area contributed by atoms with Crippen LogP contribution < -0.4 is 4.74 Å². The number of benzene rings is 3. The van der Waals surface area contributed by atoms with Gasteiger partial charge in [0.2, 0.25) is 0 Å². The van der Waals surface area contributed by atoms with Crippen molar-refractivity contribution in [3.05, 3.63) is 124 Å². The average Bonchev–Trinajstić information content (AvgIpc) is 3.51. The predicted octanol–water partition coefficient (Wildman–Crippen LogP) is 7.39. The lowest BCUT2D eigenvalue weighted by Gasteiger charge is -2.13. The Hall–Kier alpha value is -4.16. The number of thioether (sulfide) groups is 1. The number of aryl methyl sites for hydroxylation is 1. The number of terminal acetylenes is 2. The molecule has 184 valence electrons. The van der Waals surface area contributed by atoms with Crippen molar-refractivity contribution in [2.45, 2.75) is 11.8 Å². The lowest BCUT2D eigenvalue weighted by atomic mass is 9.91. The van der Waals surface area contributed by atoms with Crippen molar-refractivity contribution in [3.63, 3.8) is 0 Å². The molecule has 0 amide bonds. The van der Waals surface area contributed by atoms with Crippen LogP contribution in [0.1, 0.15) is 27.8 Å². The Morgan fingerprint density at radius 2 is 1.54 bits per heavy atom. The van der Waals surface area contributed by atoms with Crippen LogP contribution in [0.4, 0.5) is 0 Å². The van der Waals surface area contributed by atoms with E-state index in [1.54, 1.807) is 29.2 Å². The lowest BCUT2D eigenvalue weighted by molar-refractivity contribution is -0.139. The van der Waals surface area contributed by atoms with Gasteiger partial charge in [-0.2, -0.15) is 11.3 Å². The summed E-state index contributed by atoms with van der Waals surface area (Å²) in [6.45, 7) is 1.54. The second-order valence-electron chi connectivity index (χ2n) is 7.71. The van der Waals surface area contributed by atoms with Gasteiger partial charge in [-0.1, -0.05) is 66.4 Å². The van der Waals surface area contributed by atoms with Crippen molar-refractivity contribution in [1.82, 2.24) is 0 Å². The van der Waals surface area contributed by atoms with Crippen molar-refractivity contribution in [2.24, 2.45) is 0 Å². The highest BCUT2D eigenvalue weighted by Crippen LogP contribution is 2.31. The first-order valence-electron chi connectivity index (χ1n) is 11.4. The topological polar surface area (TPSA) is 46.5 Å². The first-order valence-corrected chi connectivity index (χ1v) is 13.3. The van der Waals surface area contributed by atoms with Gasteiger partial charge in [0.1, 0.15) is 5.75 Å². The zero-order chi connectivity index (χ0) is 26.5. The number of carbonyl (C=O) groups is 1. The number of rotatable bonds is 8. The van der Waals surface area contributed by atoms with Crippen LogP contribution in [-0.2, 0) is 4.79 Å². The second-order valence-corrected chi connectivity index (χ2v) is 9.62. The molecule has 37 heavy (non-hydrogen) atoms. The van der Waals surface area contributed by atoms with Crippen LogP contribution >= 0.6 is 23.1 Å². The summed E-state index contributed by atoms with van der Waals surface area (Å²) in [6.07, 6.45) is 13.7. The van der Waals surface area contributed by atoms with Crippen molar-refractivity contribution < 1.29 is 14.6 Å². The highest BCUT2D eigenvalue weighted by Gasteiger charge is 2.12. The van der Waals surface area contributed by atoms with E-state index >= 15 is 0 Å². The van der Waals surface area contributed by atoms with Gasteiger partial charge in [-0.25, -0.2) is 4.79 Å². The van der Waals surface area contributed by atoms with E-state index in [9.17, 15) is 4.79 Å². The maximum absolute atomic E-state index is 10.7. The fourth-order valence-corrected chi connectivity index (χ4v) is 4.83. The molecule has 0 bridgehead atoms. The molecule has 0 saturated carbocycles. The van der Waals surface area contributed by atoms with Crippen molar-refractivity contribution in [2.75, 3.05) is 12.4 Å². The number of carboxylic acid groups (broad SMARTS) is 1. The predicted molar refractivity (Wildman–Crippen MR) is 155 cm³/mol. The first-order chi connectivity index (χ1) is 18.0. The van der Waals surface area contributed by atoms with E-state index in [-0.39, 0.29) is 6.61 Å². The molecule has 0 saturated heterocycles. The first kappa shape index (κ1) is 27.4. The van der Waals surface area contributed by atoms with Crippen molar-refractivity contribution in [1.29, 1.82) is 0 Å². The Bertz CT molecular complexity index is 1360. The minimum absolute atomic E-state index is 0.359. The Balaban J connectivity index is 0.000000678. The molecule has 0 spiro atoms. The minimum Gasteiger partial charge on any atom is -0.482 e. The smallest absolute Gasteiger partial charge is 0.341 e. The lowest BCUT2D eigenvalue weighted by Crippen LogP contribution is -2.09. The van der Waals surface area contributed by atoms with Gasteiger partial charge in [0.05, 0.1) is 0 Å². The molecule has 0 aliphatic rings. The third-order valence-electron chi connectivity index (χ3n) is 5.21. The minimum atomic E-state index is -1.000. The molecule has 0 radical (unpaired) electrons. The summed E-state index contributed by atoms with van der Waals surface area (Å²) in [7, 11) is 0. The Morgan fingerprint density at radius 1 is 0.946 bits per heavy atom. The van der Waals surface area contributed by atoms with Crippen LogP contribution in [0, 0.1) is 31.6 Å². The largest absolute Gasteiger partial charge is 0.482 e. The van der Waals surface area contributed by atoms with Crippen LogP contribution in [0.25, 0.3) is 5.57 Å². The highest BCUT2D eigenvalue weighted by molar-refractivity contribution is 7.99. The highest BCUT2D eigenvalue weighted by atomic mass is 32.2. The summed E-state index contributed by atoms with van der Waals surface area (Å²) in [5, 5.41) is 12.9. The van der Waals surface area contributed by atoms with Crippen molar-refractivity contribution >= 4 is 34.6 Å². The van der Waals surface area contributed by atoms with Gasteiger partial charge in [-0.3, -0.25) is 0 Å². The molecule has 3 nitrogen and oxygen atoms in total. The molecule has 4 rings (SSSR count). The van der Waals surface area contributed by atoms with Crippen LogP contribution in [0.5, 0.6) is 5.75 Å². The van der Waals surface area contributed by atoms with Crippen molar-refractivity contribution in [3.8, 4) is 30.4 Å². The van der Waals surface area contributed by atoms with Gasteiger partial charge in [0.25, 0.3) is 0 Å². The zero-order valence-electron chi connectivity index (χ0n) is 20.4. The summed E-state index contributed by atoms with van der Waals surface area (Å²) < 4.78 is 5.30. The van der Waals surface area contributed by atoms with E-state index in [2.05, 4.69) is 17.9 Å². The summed E-state index contributed by atoms with van der Waals surface area (Å²) in [5.74, 6) is 5.80. The van der Waals surface area contributed by atoms with E-state index in [1.165, 1.54) is 0 Å². The summed E-state index contributed by atoms with van der Waals surface area (Å²) in [4.78, 5) is 11.8. The van der Waals surface area contributed by atoms with Gasteiger partial charge in [0.15, 0.2) is 6.61 Å². The molecule has 5 heteroatoms. The molecular weight excluding hydrogens is 496 g/mol. The molecule has 0 fully saturated rings. The van der Waals surface area contributed by atoms with Crippen LogP contribution in [0.2, 0.25) is 0 Å². The molecule has 0 atom stereocenters. The molecule has 4 aromatic rings. The molecule has 1 heterocycles. The number of ether oxygens (including phenoxy) is 1. The fraction of sp³-hybridized carbons (Fsp3) is 0.0938. The molecule has 3 aromatic carbocycles. The van der Waals surface area contributed by atoms with Gasteiger partial charge in [0, 0.05) is 21.8 Å². The monoisotopic (exact) mass is 522 g/mol. The summed E-state index contributed by atoms with van der Waals surface area (Å²) >= 11 is 3.37. The number of aliphatic carboxylic acids is 1. The van der Waals surface area contributed by atoms with Gasteiger partial charge in [-0.05, 0) is 70.3 Å².